The number of carbonyl (C=O) groups excluding carboxylic acids is 1. The number of aromatic hydroxyl groups is 1. The van der Waals surface area contributed by atoms with Crippen LogP contribution in [0, 0.1) is 0 Å². The van der Waals surface area contributed by atoms with Crippen molar-refractivity contribution in [2.45, 2.75) is 6.43 Å². The number of amides is 1. The number of pyridine rings is 1. The third kappa shape index (κ3) is 3.63. The number of hydrogen-bond donors (Lipinski definition) is 2. The number of rotatable bonds is 5. The first kappa shape index (κ1) is 13.3. The summed E-state index contributed by atoms with van der Waals surface area (Å²) in [7, 11) is 0. The van der Waals surface area contributed by atoms with E-state index in [1.54, 1.807) is 0 Å². The van der Waals surface area contributed by atoms with Crippen LogP contribution >= 0.6 is 0 Å². The first-order chi connectivity index (χ1) is 8.06. The van der Waals surface area contributed by atoms with Crippen LogP contribution in [0.15, 0.2) is 18.5 Å². The van der Waals surface area contributed by atoms with Crippen molar-refractivity contribution in [1.29, 1.82) is 0 Å². The first-order valence-corrected chi connectivity index (χ1v) is 4.87. The Bertz CT molecular complexity index is 388. The van der Waals surface area contributed by atoms with Gasteiger partial charge in [0.05, 0.1) is 24.9 Å². The van der Waals surface area contributed by atoms with E-state index in [0.29, 0.717) is 0 Å². The van der Waals surface area contributed by atoms with Gasteiger partial charge in [-0.15, -0.1) is 0 Å². The highest BCUT2D eigenvalue weighted by Crippen LogP contribution is 2.16. The number of hydrogen-bond acceptors (Lipinski definition) is 4. The normalized spacial score (nSPS) is 10.6. The Morgan fingerprint density at radius 1 is 1.53 bits per heavy atom. The third-order valence-corrected chi connectivity index (χ3v) is 2.05. The van der Waals surface area contributed by atoms with Crippen molar-refractivity contribution in [2.75, 3.05) is 19.7 Å². The van der Waals surface area contributed by atoms with Crippen LogP contribution < -0.4 is 0 Å². The van der Waals surface area contributed by atoms with Crippen LogP contribution in [0.3, 0.4) is 0 Å². The van der Waals surface area contributed by atoms with Crippen LogP contribution in [-0.2, 0) is 0 Å². The summed E-state index contributed by atoms with van der Waals surface area (Å²) in [6.07, 6.45) is -0.381. The number of halogens is 2. The van der Waals surface area contributed by atoms with E-state index in [0.717, 1.165) is 11.1 Å². The quantitative estimate of drug-likeness (QED) is 0.792. The van der Waals surface area contributed by atoms with Crippen molar-refractivity contribution in [1.82, 2.24) is 9.88 Å². The molecule has 1 rings (SSSR count). The van der Waals surface area contributed by atoms with Crippen molar-refractivity contribution in [3.8, 4) is 5.75 Å². The van der Waals surface area contributed by atoms with Crippen LogP contribution in [0.2, 0.25) is 0 Å². The Morgan fingerprint density at radius 3 is 2.76 bits per heavy atom. The first-order valence-electron chi connectivity index (χ1n) is 4.87. The van der Waals surface area contributed by atoms with E-state index < -0.39 is 25.5 Å². The highest BCUT2D eigenvalue weighted by atomic mass is 19.3. The van der Waals surface area contributed by atoms with Crippen LogP contribution in [0.1, 0.15) is 10.4 Å². The lowest BCUT2D eigenvalue weighted by atomic mass is 10.2. The van der Waals surface area contributed by atoms with Gasteiger partial charge in [0.2, 0.25) is 0 Å². The number of aliphatic hydroxyl groups excluding tert-OH is 1. The Morgan fingerprint density at radius 2 is 2.24 bits per heavy atom. The van der Waals surface area contributed by atoms with E-state index >= 15 is 0 Å². The number of nitrogens with zero attached hydrogens (tertiary/aromatic N) is 2. The molecule has 1 amide bonds. The van der Waals surface area contributed by atoms with Crippen molar-refractivity contribution in [3.63, 3.8) is 0 Å². The molecule has 94 valence electrons. The second-order valence-corrected chi connectivity index (χ2v) is 3.26. The van der Waals surface area contributed by atoms with E-state index in [1.165, 1.54) is 12.3 Å². The molecule has 1 aromatic heterocycles. The minimum atomic E-state index is -2.70. The van der Waals surface area contributed by atoms with E-state index in [4.69, 9.17) is 5.11 Å². The zero-order chi connectivity index (χ0) is 12.8. The van der Waals surface area contributed by atoms with Crippen LogP contribution in [0.4, 0.5) is 8.78 Å². The summed E-state index contributed by atoms with van der Waals surface area (Å²) >= 11 is 0. The Hall–Kier alpha value is -1.76. The largest absolute Gasteiger partial charge is 0.505 e. The van der Waals surface area contributed by atoms with Gasteiger partial charge in [-0.05, 0) is 6.07 Å². The molecule has 1 aromatic rings. The van der Waals surface area contributed by atoms with Crippen molar-refractivity contribution in [2.24, 2.45) is 0 Å². The Kier molecular flexibility index (Phi) is 4.77. The summed E-state index contributed by atoms with van der Waals surface area (Å²) in [5, 5.41) is 18.1. The summed E-state index contributed by atoms with van der Waals surface area (Å²) < 4.78 is 24.5. The van der Waals surface area contributed by atoms with Crippen LogP contribution in [0.25, 0.3) is 0 Å². The molecule has 0 saturated carbocycles. The molecule has 0 aliphatic carbocycles. The van der Waals surface area contributed by atoms with Gasteiger partial charge in [-0.25, -0.2) is 8.78 Å². The number of aromatic nitrogens is 1. The zero-order valence-corrected chi connectivity index (χ0v) is 8.88. The fourth-order valence-corrected chi connectivity index (χ4v) is 1.30. The second-order valence-electron chi connectivity index (χ2n) is 3.26. The van der Waals surface area contributed by atoms with E-state index in [2.05, 4.69) is 4.98 Å². The summed E-state index contributed by atoms with van der Waals surface area (Å²) in [5.74, 6) is -1.14. The maximum atomic E-state index is 12.2. The zero-order valence-electron chi connectivity index (χ0n) is 8.88. The predicted octanol–water partition coefficient (Wildman–Crippen LogP) is 0.487. The Balaban J connectivity index is 2.88. The number of alkyl halides is 2. The van der Waals surface area contributed by atoms with Gasteiger partial charge in [-0.1, -0.05) is 0 Å². The standard InChI is InChI=1S/C10H12F2N2O3/c11-9(12)6-14(3-4-15)10(17)7-1-2-13-5-8(7)16/h1-2,5,9,15-16H,3-4,6H2. The van der Waals surface area contributed by atoms with Gasteiger partial charge in [0, 0.05) is 12.7 Å². The van der Waals surface area contributed by atoms with Crippen molar-refractivity contribution in [3.05, 3.63) is 24.0 Å². The molecular weight excluding hydrogens is 234 g/mol. The molecule has 1 heterocycles. The molecule has 7 heteroatoms. The maximum absolute atomic E-state index is 12.2. The lowest BCUT2D eigenvalue weighted by Crippen LogP contribution is -2.37. The minimum absolute atomic E-state index is 0.117. The molecular formula is C10H12F2N2O3. The molecule has 0 spiro atoms. The predicted molar refractivity (Wildman–Crippen MR) is 54.9 cm³/mol. The smallest absolute Gasteiger partial charge is 0.258 e. The highest BCUT2D eigenvalue weighted by Gasteiger charge is 2.21. The molecule has 17 heavy (non-hydrogen) atoms. The third-order valence-electron chi connectivity index (χ3n) is 2.05. The topological polar surface area (TPSA) is 73.7 Å². The maximum Gasteiger partial charge on any atom is 0.258 e. The molecule has 0 atom stereocenters. The second kappa shape index (κ2) is 6.09. The SMILES string of the molecule is O=C(c1ccncc1O)N(CCO)CC(F)F. The molecule has 0 bridgehead atoms. The van der Waals surface area contributed by atoms with Crippen LogP contribution in [0.5, 0.6) is 5.75 Å². The van der Waals surface area contributed by atoms with Gasteiger partial charge in [0.1, 0.15) is 5.75 Å². The number of aliphatic hydroxyl groups is 1. The number of carbonyl (C=O) groups is 1. The van der Waals surface area contributed by atoms with E-state index in [-0.39, 0.29) is 17.9 Å². The summed E-state index contributed by atoms with van der Waals surface area (Å²) in [6.45, 7) is -1.43. The molecule has 5 nitrogen and oxygen atoms in total. The molecule has 2 N–H and O–H groups in total. The van der Waals surface area contributed by atoms with E-state index in [1.807, 2.05) is 0 Å². The average molecular weight is 246 g/mol. The summed E-state index contributed by atoms with van der Waals surface area (Å²) in [4.78, 5) is 16.1. The van der Waals surface area contributed by atoms with Crippen molar-refractivity contribution < 1.29 is 23.8 Å². The van der Waals surface area contributed by atoms with Gasteiger partial charge in [-0.2, -0.15) is 0 Å². The lowest BCUT2D eigenvalue weighted by molar-refractivity contribution is 0.0506. The van der Waals surface area contributed by atoms with Gasteiger partial charge in [0.25, 0.3) is 12.3 Å². The fraction of sp³-hybridized carbons (Fsp3) is 0.400. The average Bonchev–Trinajstić information content (AvgIpc) is 2.28. The van der Waals surface area contributed by atoms with Gasteiger partial charge in [-0.3, -0.25) is 9.78 Å². The molecule has 0 radical (unpaired) electrons. The summed E-state index contributed by atoms with van der Waals surface area (Å²) in [5.41, 5.74) is -0.117. The minimum Gasteiger partial charge on any atom is -0.505 e. The molecule has 0 aromatic carbocycles. The van der Waals surface area contributed by atoms with Gasteiger partial charge < -0.3 is 15.1 Å². The van der Waals surface area contributed by atoms with Crippen LogP contribution in [-0.4, -0.2) is 52.1 Å². The molecule has 0 fully saturated rings. The molecule has 0 aliphatic rings. The van der Waals surface area contributed by atoms with Gasteiger partial charge in [0.15, 0.2) is 0 Å². The monoisotopic (exact) mass is 246 g/mol. The molecule has 0 aliphatic heterocycles. The lowest BCUT2D eigenvalue weighted by Gasteiger charge is -2.21. The Labute approximate surface area is 96.3 Å². The van der Waals surface area contributed by atoms with Gasteiger partial charge >= 0.3 is 0 Å². The molecule has 0 saturated heterocycles. The van der Waals surface area contributed by atoms with Crippen molar-refractivity contribution >= 4 is 5.91 Å². The van der Waals surface area contributed by atoms with E-state index in [9.17, 15) is 18.7 Å². The fourth-order valence-electron chi connectivity index (χ4n) is 1.30. The summed E-state index contributed by atoms with van der Waals surface area (Å²) in [6, 6.07) is 1.23. The highest BCUT2D eigenvalue weighted by molar-refractivity contribution is 5.96. The molecule has 0 unspecified atom stereocenters.